The van der Waals surface area contributed by atoms with Gasteiger partial charge in [0.25, 0.3) is 5.56 Å². The normalized spacial score (nSPS) is 11.1. The number of aromatic nitrogens is 5. The molecule has 0 amide bonds. The number of rotatable bonds is 4. The van der Waals surface area contributed by atoms with Crippen molar-refractivity contribution in [1.29, 1.82) is 0 Å². The number of fused-ring (bicyclic) bond motifs is 1. The molecule has 0 saturated heterocycles. The summed E-state index contributed by atoms with van der Waals surface area (Å²) < 4.78 is 3.00. The number of nitrogens with zero attached hydrogens (tertiary/aromatic N) is 4. The van der Waals surface area contributed by atoms with Crippen molar-refractivity contribution in [2.45, 2.75) is 11.7 Å². The molecule has 0 aliphatic carbocycles. The van der Waals surface area contributed by atoms with Gasteiger partial charge in [0.15, 0.2) is 5.16 Å². The Balaban J connectivity index is 1.86. The van der Waals surface area contributed by atoms with Crippen molar-refractivity contribution >= 4 is 22.7 Å². The fourth-order valence-electron chi connectivity index (χ4n) is 2.03. The number of hydrogen-bond donors (Lipinski definition) is 1. The molecule has 7 nitrogen and oxygen atoms in total. The third kappa shape index (κ3) is 2.62. The molecule has 21 heavy (non-hydrogen) atoms. The standard InChI is InChI=1S/C13H13N5O2S/c1-17-8-14-16-13(17)21-7-6-18-11(19)9-4-2-3-5-10(9)15-12(18)20/h2-5,8H,6-7H2,1H3,(H,15,20). The highest BCUT2D eigenvalue weighted by atomic mass is 32.2. The van der Waals surface area contributed by atoms with Gasteiger partial charge in [-0.2, -0.15) is 0 Å². The van der Waals surface area contributed by atoms with Crippen LogP contribution in [0.1, 0.15) is 0 Å². The summed E-state index contributed by atoms with van der Waals surface area (Å²) in [5.41, 5.74) is -0.102. The molecule has 0 atom stereocenters. The largest absolute Gasteiger partial charge is 0.328 e. The molecule has 0 spiro atoms. The zero-order valence-corrected chi connectivity index (χ0v) is 12.1. The lowest BCUT2D eigenvalue weighted by Crippen LogP contribution is -2.35. The Bertz CT molecular complexity index is 895. The summed E-state index contributed by atoms with van der Waals surface area (Å²) in [5, 5.41) is 8.99. The molecule has 2 aromatic heterocycles. The molecule has 0 saturated carbocycles. The van der Waals surface area contributed by atoms with E-state index in [4.69, 9.17) is 0 Å². The van der Waals surface area contributed by atoms with Gasteiger partial charge in [-0.05, 0) is 12.1 Å². The number of aryl methyl sites for hydroxylation is 1. The van der Waals surface area contributed by atoms with Crippen LogP contribution in [0.15, 0.2) is 45.3 Å². The minimum Gasteiger partial charge on any atom is -0.312 e. The van der Waals surface area contributed by atoms with Crippen molar-refractivity contribution in [3.63, 3.8) is 0 Å². The van der Waals surface area contributed by atoms with Gasteiger partial charge in [-0.15, -0.1) is 10.2 Å². The summed E-state index contributed by atoms with van der Waals surface area (Å²) in [6, 6.07) is 6.99. The van der Waals surface area contributed by atoms with E-state index in [9.17, 15) is 9.59 Å². The molecule has 0 aliphatic rings. The van der Waals surface area contributed by atoms with Crippen LogP contribution in [0, 0.1) is 0 Å². The van der Waals surface area contributed by atoms with Crippen molar-refractivity contribution in [3.8, 4) is 0 Å². The van der Waals surface area contributed by atoms with E-state index in [2.05, 4.69) is 15.2 Å². The molecule has 108 valence electrons. The number of H-pyrrole nitrogens is 1. The van der Waals surface area contributed by atoms with Crippen LogP contribution in [-0.2, 0) is 13.6 Å². The lowest BCUT2D eigenvalue weighted by Gasteiger charge is -2.05. The highest BCUT2D eigenvalue weighted by Gasteiger charge is 2.08. The van der Waals surface area contributed by atoms with Crippen molar-refractivity contribution in [2.75, 3.05) is 5.75 Å². The van der Waals surface area contributed by atoms with Gasteiger partial charge in [0, 0.05) is 19.3 Å². The van der Waals surface area contributed by atoms with Gasteiger partial charge in [0.1, 0.15) is 6.33 Å². The van der Waals surface area contributed by atoms with Gasteiger partial charge in [-0.3, -0.25) is 9.36 Å². The Hall–Kier alpha value is -2.35. The number of para-hydroxylation sites is 1. The highest BCUT2D eigenvalue weighted by Crippen LogP contribution is 2.13. The maximum absolute atomic E-state index is 12.3. The summed E-state index contributed by atoms with van der Waals surface area (Å²) in [6.45, 7) is 0.316. The predicted octanol–water partition coefficient (Wildman–Crippen LogP) is 0.611. The molecular formula is C13H13N5O2S. The van der Waals surface area contributed by atoms with E-state index in [1.165, 1.54) is 16.3 Å². The number of nitrogens with one attached hydrogen (secondary N) is 1. The highest BCUT2D eigenvalue weighted by molar-refractivity contribution is 7.99. The smallest absolute Gasteiger partial charge is 0.312 e. The minimum atomic E-state index is -0.391. The van der Waals surface area contributed by atoms with E-state index in [0.29, 0.717) is 23.2 Å². The first kappa shape index (κ1) is 13.6. The van der Waals surface area contributed by atoms with Gasteiger partial charge in [-0.25, -0.2) is 4.79 Å². The molecule has 1 aromatic carbocycles. The zero-order chi connectivity index (χ0) is 14.8. The number of benzene rings is 1. The molecule has 0 unspecified atom stereocenters. The van der Waals surface area contributed by atoms with Crippen LogP contribution < -0.4 is 11.2 Å². The monoisotopic (exact) mass is 303 g/mol. The fourth-order valence-corrected chi connectivity index (χ4v) is 2.85. The molecule has 1 N–H and O–H groups in total. The van der Waals surface area contributed by atoms with Crippen molar-refractivity contribution in [3.05, 3.63) is 51.4 Å². The maximum Gasteiger partial charge on any atom is 0.328 e. The summed E-state index contributed by atoms with van der Waals surface area (Å²) >= 11 is 1.45. The van der Waals surface area contributed by atoms with E-state index in [0.717, 1.165) is 5.16 Å². The van der Waals surface area contributed by atoms with Crippen molar-refractivity contribution < 1.29 is 0 Å². The molecule has 0 aliphatic heterocycles. The molecule has 0 bridgehead atoms. The van der Waals surface area contributed by atoms with Crippen LogP contribution in [0.3, 0.4) is 0 Å². The third-order valence-corrected chi connectivity index (χ3v) is 4.12. The lowest BCUT2D eigenvalue weighted by atomic mass is 10.2. The molecule has 0 fully saturated rings. The van der Waals surface area contributed by atoms with Crippen molar-refractivity contribution in [2.24, 2.45) is 7.05 Å². The van der Waals surface area contributed by atoms with E-state index in [1.807, 2.05) is 7.05 Å². The van der Waals surface area contributed by atoms with E-state index in [-0.39, 0.29) is 5.56 Å². The van der Waals surface area contributed by atoms with Crippen molar-refractivity contribution in [1.82, 2.24) is 24.3 Å². The van der Waals surface area contributed by atoms with E-state index < -0.39 is 5.69 Å². The zero-order valence-electron chi connectivity index (χ0n) is 11.3. The topological polar surface area (TPSA) is 85.6 Å². The van der Waals surface area contributed by atoms with Crippen LogP contribution in [0.25, 0.3) is 10.9 Å². The molecule has 2 heterocycles. The predicted molar refractivity (Wildman–Crippen MR) is 80.6 cm³/mol. The molecule has 0 radical (unpaired) electrons. The van der Waals surface area contributed by atoms with Crippen LogP contribution in [0.5, 0.6) is 0 Å². The second-order valence-corrected chi connectivity index (χ2v) is 5.57. The first-order valence-corrected chi connectivity index (χ1v) is 7.34. The number of hydrogen-bond acceptors (Lipinski definition) is 5. The van der Waals surface area contributed by atoms with Crippen LogP contribution in [-0.4, -0.2) is 30.1 Å². The van der Waals surface area contributed by atoms with E-state index in [1.54, 1.807) is 35.2 Å². The lowest BCUT2D eigenvalue weighted by molar-refractivity contribution is 0.688. The van der Waals surface area contributed by atoms with Gasteiger partial charge in [0.05, 0.1) is 10.9 Å². The van der Waals surface area contributed by atoms with Crippen LogP contribution in [0.2, 0.25) is 0 Å². The SMILES string of the molecule is Cn1cnnc1SCCn1c(=O)[nH]c2ccccc2c1=O. The van der Waals surface area contributed by atoms with Crippen LogP contribution in [0.4, 0.5) is 0 Å². The van der Waals surface area contributed by atoms with Gasteiger partial charge >= 0.3 is 5.69 Å². The Morgan fingerprint density at radius 3 is 2.86 bits per heavy atom. The Morgan fingerprint density at radius 2 is 2.10 bits per heavy atom. The maximum atomic E-state index is 12.3. The Kier molecular flexibility index (Phi) is 3.61. The second-order valence-electron chi connectivity index (χ2n) is 4.51. The number of thioether (sulfide) groups is 1. The summed E-state index contributed by atoms with van der Waals surface area (Å²) in [4.78, 5) is 27.0. The van der Waals surface area contributed by atoms with Gasteiger partial charge in [-0.1, -0.05) is 23.9 Å². The molecule has 8 heteroatoms. The average molecular weight is 303 g/mol. The number of aromatic amines is 1. The first-order chi connectivity index (χ1) is 10.2. The van der Waals surface area contributed by atoms with E-state index >= 15 is 0 Å². The summed E-state index contributed by atoms with van der Waals surface area (Å²) in [5.74, 6) is 0.563. The van der Waals surface area contributed by atoms with Gasteiger partial charge in [0.2, 0.25) is 0 Å². The summed E-state index contributed by atoms with van der Waals surface area (Å²) in [7, 11) is 1.84. The Labute approximate surface area is 123 Å². The quantitative estimate of drug-likeness (QED) is 0.714. The summed E-state index contributed by atoms with van der Waals surface area (Å²) in [6.07, 6.45) is 1.61. The molecule has 3 aromatic rings. The fraction of sp³-hybridized carbons (Fsp3) is 0.231. The van der Waals surface area contributed by atoms with Crippen LogP contribution >= 0.6 is 11.8 Å². The molecular weight excluding hydrogens is 290 g/mol. The average Bonchev–Trinajstić information content (AvgIpc) is 2.88. The third-order valence-electron chi connectivity index (χ3n) is 3.11. The van der Waals surface area contributed by atoms with Gasteiger partial charge < -0.3 is 9.55 Å². The minimum absolute atomic E-state index is 0.270. The molecule has 3 rings (SSSR count). The first-order valence-electron chi connectivity index (χ1n) is 6.35. The Morgan fingerprint density at radius 1 is 1.29 bits per heavy atom. The second kappa shape index (κ2) is 5.57.